The van der Waals surface area contributed by atoms with Crippen molar-refractivity contribution in [2.75, 3.05) is 13.1 Å². The Morgan fingerprint density at radius 3 is 2.58 bits per heavy atom. The van der Waals surface area contributed by atoms with Crippen molar-refractivity contribution in [2.24, 2.45) is 7.05 Å². The Labute approximate surface area is 152 Å². The van der Waals surface area contributed by atoms with Gasteiger partial charge in [0, 0.05) is 25.7 Å². The van der Waals surface area contributed by atoms with E-state index in [1.165, 1.54) is 0 Å². The molecule has 2 aromatic carbocycles. The van der Waals surface area contributed by atoms with Crippen LogP contribution in [0.25, 0.3) is 11.0 Å². The van der Waals surface area contributed by atoms with Crippen LogP contribution in [0.1, 0.15) is 15.9 Å². The topological polar surface area (TPSA) is 93.1 Å². The van der Waals surface area contributed by atoms with Gasteiger partial charge >= 0.3 is 0 Å². The van der Waals surface area contributed by atoms with Crippen molar-refractivity contribution in [2.45, 2.75) is 11.8 Å². The summed E-state index contributed by atoms with van der Waals surface area (Å²) in [5.74, 6) is -0.271. The molecule has 0 bridgehead atoms. The molecule has 1 amide bonds. The summed E-state index contributed by atoms with van der Waals surface area (Å²) in [7, 11) is -1.70. The zero-order valence-corrected chi connectivity index (χ0v) is 15.4. The maximum absolute atomic E-state index is 12.2. The summed E-state index contributed by atoms with van der Waals surface area (Å²) in [4.78, 5) is 16.6. The number of carbonyl (C=O) groups excluding carboxylic acids is 1. The van der Waals surface area contributed by atoms with Crippen molar-refractivity contribution < 1.29 is 13.2 Å². The summed E-state index contributed by atoms with van der Waals surface area (Å²) < 4.78 is 28.7. The molecular weight excluding hydrogens is 352 g/mol. The first-order valence-electron chi connectivity index (χ1n) is 8.12. The van der Waals surface area contributed by atoms with Gasteiger partial charge in [0.2, 0.25) is 10.0 Å². The Balaban J connectivity index is 1.55. The van der Waals surface area contributed by atoms with Crippen LogP contribution in [0.4, 0.5) is 0 Å². The number of nitrogens with one attached hydrogen (secondary N) is 2. The number of benzene rings is 2. The van der Waals surface area contributed by atoms with E-state index in [1.807, 2.05) is 24.6 Å². The van der Waals surface area contributed by atoms with Crippen LogP contribution >= 0.6 is 0 Å². The quantitative estimate of drug-likeness (QED) is 0.643. The highest BCUT2D eigenvalue weighted by molar-refractivity contribution is 7.89. The van der Waals surface area contributed by atoms with Crippen LogP contribution in [0.15, 0.2) is 53.7 Å². The number of aryl methyl sites for hydroxylation is 2. The van der Waals surface area contributed by atoms with Crippen molar-refractivity contribution in [1.29, 1.82) is 0 Å². The highest BCUT2D eigenvalue weighted by Crippen LogP contribution is 2.13. The molecule has 0 radical (unpaired) electrons. The molecule has 7 nitrogen and oxygen atoms in total. The van der Waals surface area contributed by atoms with Gasteiger partial charge in [-0.25, -0.2) is 18.1 Å². The predicted octanol–water partition coefficient (Wildman–Crippen LogP) is 1.59. The lowest BCUT2D eigenvalue weighted by Gasteiger charge is -2.08. The second kappa shape index (κ2) is 7.27. The Morgan fingerprint density at radius 2 is 1.85 bits per heavy atom. The summed E-state index contributed by atoms with van der Waals surface area (Å²) >= 11 is 0. The fraction of sp³-hybridized carbons (Fsp3) is 0.222. The van der Waals surface area contributed by atoms with Crippen molar-refractivity contribution in [3.8, 4) is 0 Å². The molecule has 0 unspecified atom stereocenters. The smallest absolute Gasteiger partial charge is 0.251 e. The molecule has 0 saturated heterocycles. The molecule has 8 heteroatoms. The highest BCUT2D eigenvalue weighted by atomic mass is 32.2. The zero-order valence-electron chi connectivity index (χ0n) is 14.6. The van der Waals surface area contributed by atoms with E-state index in [0.29, 0.717) is 5.56 Å². The van der Waals surface area contributed by atoms with Gasteiger partial charge in [0.05, 0.1) is 22.3 Å². The molecule has 0 saturated carbocycles. The average Bonchev–Trinajstić information content (AvgIpc) is 2.99. The molecule has 0 fully saturated rings. The third-order valence-corrected chi connectivity index (χ3v) is 5.50. The van der Waals surface area contributed by atoms with Gasteiger partial charge in [0.25, 0.3) is 5.91 Å². The third-order valence-electron chi connectivity index (χ3n) is 4.02. The molecule has 0 aliphatic carbocycles. The molecule has 136 valence electrons. The summed E-state index contributed by atoms with van der Waals surface area (Å²) in [5.41, 5.74) is 3.14. The van der Waals surface area contributed by atoms with Crippen molar-refractivity contribution >= 4 is 27.0 Å². The number of carbonyl (C=O) groups is 1. The van der Waals surface area contributed by atoms with Gasteiger partial charge in [-0.2, -0.15) is 0 Å². The minimum absolute atomic E-state index is 0.105. The summed E-state index contributed by atoms with van der Waals surface area (Å²) in [6.07, 6.45) is 1.69. The fourth-order valence-corrected chi connectivity index (χ4v) is 3.57. The van der Waals surface area contributed by atoms with E-state index in [9.17, 15) is 13.2 Å². The van der Waals surface area contributed by atoms with Crippen molar-refractivity contribution in [1.82, 2.24) is 19.6 Å². The van der Waals surface area contributed by atoms with E-state index < -0.39 is 10.0 Å². The van der Waals surface area contributed by atoms with Gasteiger partial charge in [-0.1, -0.05) is 17.7 Å². The molecule has 0 atom stereocenters. The average molecular weight is 372 g/mol. The van der Waals surface area contributed by atoms with Crippen LogP contribution in [0.5, 0.6) is 0 Å². The number of sulfonamides is 1. The second-order valence-electron chi connectivity index (χ2n) is 6.03. The van der Waals surface area contributed by atoms with Crippen LogP contribution < -0.4 is 10.0 Å². The Kier molecular flexibility index (Phi) is 5.06. The summed E-state index contributed by atoms with van der Waals surface area (Å²) in [6, 6.07) is 11.8. The maximum Gasteiger partial charge on any atom is 0.251 e. The number of fused-ring (bicyclic) bond motifs is 1. The molecule has 2 N–H and O–H groups in total. The molecule has 3 rings (SSSR count). The van der Waals surface area contributed by atoms with Crippen LogP contribution in [-0.4, -0.2) is 37.0 Å². The van der Waals surface area contributed by atoms with E-state index in [2.05, 4.69) is 15.0 Å². The van der Waals surface area contributed by atoms with Crippen LogP contribution in [-0.2, 0) is 17.1 Å². The fourth-order valence-electron chi connectivity index (χ4n) is 2.54. The minimum atomic E-state index is -3.58. The number of hydrogen-bond acceptors (Lipinski definition) is 4. The van der Waals surface area contributed by atoms with Gasteiger partial charge in [-0.05, 0) is 37.3 Å². The molecule has 26 heavy (non-hydrogen) atoms. The van der Waals surface area contributed by atoms with Crippen molar-refractivity contribution in [3.05, 3.63) is 59.9 Å². The van der Waals surface area contributed by atoms with Gasteiger partial charge in [-0.3, -0.25) is 4.79 Å². The first-order valence-corrected chi connectivity index (χ1v) is 9.61. The SMILES string of the molecule is Cc1ccc(S(=O)(=O)NCCNC(=O)c2ccc3c(c2)ncn3C)cc1. The Bertz CT molecular complexity index is 1040. The molecular formula is C18H20N4O3S. The summed E-state index contributed by atoms with van der Waals surface area (Å²) in [5, 5.41) is 2.70. The Hall–Kier alpha value is -2.71. The number of amides is 1. The zero-order chi connectivity index (χ0) is 18.7. The van der Waals surface area contributed by atoms with E-state index in [1.54, 1.807) is 42.7 Å². The van der Waals surface area contributed by atoms with Crippen LogP contribution in [0.3, 0.4) is 0 Å². The number of hydrogen-bond donors (Lipinski definition) is 2. The molecule has 0 aliphatic heterocycles. The largest absolute Gasteiger partial charge is 0.351 e. The lowest BCUT2D eigenvalue weighted by Crippen LogP contribution is -2.34. The molecule has 1 heterocycles. The second-order valence-corrected chi connectivity index (χ2v) is 7.79. The predicted molar refractivity (Wildman–Crippen MR) is 99.4 cm³/mol. The number of nitrogens with zero attached hydrogens (tertiary/aromatic N) is 2. The van der Waals surface area contributed by atoms with Gasteiger partial charge in [-0.15, -0.1) is 0 Å². The van der Waals surface area contributed by atoms with E-state index >= 15 is 0 Å². The van der Waals surface area contributed by atoms with E-state index in [-0.39, 0.29) is 23.9 Å². The normalized spacial score (nSPS) is 11.6. The summed E-state index contributed by atoms with van der Waals surface area (Å²) in [6.45, 7) is 2.18. The lowest BCUT2D eigenvalue weighted by molar-refractivity contribution is 0.0954. The van der Waals surface area contributed by atoms with Gasteiger partial charge in [0.1, 0.15) is 0 Å². The standard InChI is InChI=1S/C18H20N4O3S/c1-13-3-6-15(7-4-13)26(24,25)21-10-9-19-18(23)14-5-8-17-16(11-14)20-12-22(17)2/h3-8,11-12,21H,9-10H2,1-2H3,(H,19,23). The monoisotopic (exact) mass is 372 g/mol. The first-order chi connectivity index (χ1) is 12.4. The van der Waals surface area contributed by atoms with Crippen LogP contribution in [0.2, 0.25) is 0 Å². The van der Waals surface area contributed by atoms with E-state index in [0.717, 1.165) is 16.6 Å². The van der Waals surface area contributed by atoms with Crippen LogP contribution in [0, 0.1) is 6.92 Å². The molecule has 0 spiro atoms. The first kappa shape index (κ1) is 18.1. The lowest BCUT2D eigenvalue weighted by atomic mass is 10.2. The van der Waals surface area contributed by atoms with E-state index in [4.69, 9.17) is 0 Å². The molecule has 0 aliphatic rings. The number of rotatable bonds is 6. The minimum Gasteiger partial charge on any atom is -0.351 e. The third kappa shape index (κ3) is 3.92. The number of aromatic nitrogens is 2. The highest BCUT2D eigenvalue weighted by Gasteiger charge is 2.13. The van der Waals surface area contributed by atoms with Crippen molar-refractivity contribution in [3.63, 3.8) is 0 Å². The van der Waals surface area contributed by atoms with Gasteiger partial charge < -0.3 is 9.88 Å². The van der Waals surface area contributed by atoms with Gasteiger partial charge in [0.15, 0.2) is 0 Å². The number of imidazole rings is 1. The maximum atomic E-state index is 12.2. The molecule has 1 aromatic heterocycles. The molecule has 3 aromatic rings. The Morgan fingerprint density at radius 1 is 1.12 bits per heavy atom.